The number of hydrogen-bond donors (Lipinski definition) is 1. The molecular weight excluding hydrogens is 372 g/mol. The van der Waals surface area contributed by atoms with Crippen molar-refractivity contribution in [2.75, 3.05) is 12.4 Å². The zero-order chi connectivity index (χ0) is 19.3. The average Bonchev–Trinajstić information content (AvgIpc) is 3.00. The highest BCUT2D eigenvalue weighted by atomic mass is 32.1. The van der Waals surface area contributed by atoms with Crippen molar-refractivity contribution < 1.29 is 4.74 Å². The van der Waals surface area contributed by atoms with Gasteiger partial charge in [0.1, 0.15) is 10.4 Å². The Labute approximate surface area is 169 Å². The van der Waals surface area contributed by atoms with Crippen LogP contribution in [0.15, 0.2) is 42.5 Å². The van der Waals surface area contributed by atoms with Gasteiger partial charge in [-0.25, -0.2) is 0 Å². The molecule has 0 bridgehead atoms. The summed E-state index contributed by atoms with van der Waals surface area (Å²) in [5, 5.41) is 3.66. The summed E-state index contributed by atoms with van der Waals surface area (Å²) in [6.45, 7) is 8.83. The number of hydrogen-bond acceptors (Lipinski definition) is 4. The minimum Gasteiger partial charge on any atom is -0.497 e. The molecule has 140 valence electrons. The molecule has 1 aliphatic rings. The molecule has 0 atom stereocenters. The van der Waals surface area contributed by atoms with Gasteiger partial charge in [0, 0.05) is 16.8 Å². The van der Waals surface area contributed by atoms with Crippen LogP contribution in [0.4, 0.5) is 5.69 Å². The van der Waals surface area contributed by atoms with Gasteiger partial charge in [-0.3, -0.25) is 3.96 Å². The van der Waals surface area contributed by atoms with E-state index in [0.29, 0.717) is 5.92 Å². The molecule has 0 radical (unpaired) electrons. The van der Waals surface area contributed by atoms with E-state index in [1.807, 2.05) is 6.07 Å². The molecule has 5 heteroatoms. The predicted octanol–water partition coefficient (Wildman–Crippen LogP) is 6.73. The van der Waals surface area contributed by atoms with Gasteiger partial charge in [-0.2, -0.15) is 0 Å². The van der Waals surface area contributed by atoms with Crippen LogP contribution in [0.2, 0.25) is 0 Å². The minimum atomic E-state index is -0.182. The molecule has 4 rings (SSSR count). The average molecular weight is 397 g/mol. The summed E-state index contributed by atoms with van der Waals surface area (Å²) in [5.41, 5.74) is 5.62. The summed E-state index contributed by atoms with van der Waals surface area (Å²) in [5.74, 6) is 1.36. The van der Waals surface area contributed by atoms with Crippen molar-refractivity contribution in [1.82, 2.24) is 3.96 Å². The van der Waals surface area contributed by atoms with Gasteiger partial charge in [0.15, 0.2) is 0 Å². The Morgan fingerprint density at radius 1 is 1.11 bits per heavy atom. The zero-order valence-electron chi connectivity index (χ0n) is 16.3. The Bertz CT molecular complexity index is 1060. The van der Waals surface area contributed by atoms with E-state index in [1.165, 1.54) is 10.4 Å². The second-order valence-corrected chi connectivity index (χ2v) is 9.15. The molecule has 1 N–H and O–H groups in total. The van der Waals surface area contributed by atoms with E-state index in [-0.39, 0.29) is 5.54 Å². The van der Waals surface area contributed by atoms with Crippen LogP contribution in [0, 0.1) is 4.64 Å². The summed E-state index contributed by atoms with van der Waals surface area (Å²) in [6.07, 6.45) is 0. The second kappa shape index (κ2) is 6.50. The Morgan fingerprint density at radius 3 is 2.44 bits per heavy atom. The van der Waals surface area contributed by atoms with Crippen molar-refractivity contribution in [3.8, 4) is 22.6 Å². The van der Waals surface area contributed by atoms with Gasteiger partial charge in [0.05, 0.1) is 23.2 Å². The summed E-state index contributed by atoms with van der Waals surface area (Å²) in [7, 11) is 1.70. The van der Waals surface area contributed by atoms with Crippen LogP contribution in [-0.2, 0) is 5.54 Å². The largest absolute Gasteiger partial charge is 0.497 e. The summed E-state index contributed by atoms with van der Waals surface area (Å²) >= 11 is 7.66. The standard InChI is InChI=1S/C22H24N2OS2/c1-13(2)14-6-8-15(9-7-14)24-21(26)19-17-12-16(25-5)10-11-18(17)23-22(3,4)20(19)27-24/h6-13,23H,1-5H3. The van der Waals surface area contributed by atoms with E-state index in [1.54, 1.807) is 18.6 Å². The molecule has 0 fully saturated rings. The summed E-state index contributed by atoms with van der Waals surface area (Å²) in [6, 6.07) is 14.9. The maximum absolute atomic E-state index is 5.94. The van der Waals surface area contributed by atoms with Gasteiger partial charge in [-0.1, -0.05) is 49.7 Å². The molecule has 3 nitrogen and oxygen atoms in total. The number of fused-ring (bicyclic) bond motifs is 3. The first-order valence-electron chi connectivity index (χ1n) is 9.15. The Morgan fingerprint density at radius 2 is 1.81 bits per heavy atom. The normalized spacial score (nSPS) is 14.4. The van der Waals surface area contributed by atoms with E-state index in [0.717, 1.165) is 32.9 Å². The zero-order valence-corrected chi connectivity index (χ0v) is 17.9. The third-order valence-corrected chi connectivity index (χ3v) is 7.09. The number of rotatable bonds is 3. The lowest BCUT2D eigenvalue weighted by molar-refractivity contribution is 0.415. The van der Waals surface area contributed by atoms with Crippen molar-refractivity contribution in [1.29, 1.82) is 0 Å². The van der Waals surface area contributed by atoms with E-state index >= 15 is 0 Å². The van der Waals surface area contributed by atoms with Gasteiger partial charge in [0.25, 0.3) is 0 Å². The highest BCUT2D eigenvalue weighted by Gasteiger charge is 2.34. The molecule has 27 heavy (non-hydrogen) atoms. The topological polar surface area (TPSA) is 26.2 Å². The fraction of sp³-hybridized carbons (Fsp3) is 0.318. The van der Waals surface area contributed by atoms with Crippen LogP contribution >= 0.6 is 23.8 Å². The van der Waals surface area contributed by atoms with Crippen molar-refractivity contribution in [2.24, 2.45) is 0 Å². The van der Waals surface area contributed by atoms with Gasteiger partial charge >= 0.3 is 0 Å². The quantitative estimate of drug-likeness (QED) is 0.497. The van der Waals surface area contributed by atoms with Gasteiger partial charge in [-0.15, -0.1) is 0 Å². The number of anilines is 1. The molecule has 0 unspecified atom stereocenters. The van der Waals surface area contributed by atoms with Crippen LogP contribution in [0.5, 0.6) is 5.75 Å². The molecular formula is C22H24N2OS2. The molecule has 1 aromatic heterocycles. The molecule has 0 saturated carbocycles. The van der Waals surface area contributed by atoms with Crippen LogP contribution in [0.25, 0.3) is 16.8 Å². The second-order valence-electron chi connectivity index (χ2n) is 7.80. The maximum Gasteiger partial charge on any atom is 0.129 e. The number of ether oxygens (including phenoxy) is 1. The molecule has 0 amide bonds. The molecule has 0 saturated heterocycles. The third-order valence-electron chi connectivity index (χ3n) is 5.11. The minimum absolute atomic E-state index is 0.182. The van der Waals surface area contributed by atoms with E-state index in [9.17, 15) is 0 Å². The number of nitrogens with zero attached hydrogens (tertiary/aromatic N) is 1. The van der Waals surface area contributed by atoms with Gasteiger partial charge in [-0.05, 0) is 55.7 Å². The molecule has 0 aliphatic carbocycles. The van der Waals surface area contributed by atoms with E-state index < -0.39 is 0 Å². The lowest BCUT2D eigenvalue weighted by Crippen LogP contribution is -2.30. The third kappa shape index (κ3) is 2.99. The van der Waals surface area contributed by atoms with Crippen LogP contribution < -0.4 is 10.1 Å². The summed E-state index contributed by atoms with van der Waals surface area (Å²) < 4.78 is 8.48. The highest BCUT2D eigenvalue weighted by Crippen LogP contribution is 2.48. The molecule has 0 spiro atoms. The fourth-order valence-corrected chi connectivity index (χ4v) is 5.22. The Balaban J connectivity index is 1.92. The maximum atomic E-state index is 5.94. The van der Waals surface area contributed by atoms with Crippen molar-refractivity contribution >= 4 is 29.4 Å². The smallest absolute Gasteiger partial charge is 0.129 e. The first-order chi connectivity index (χ1) is 12.8. The number of benzene rings is 2. The van der Waals surface area contributed by atoms with Gasteiger partial charge in [0.2, 0.25) is 0 Å². The van der Waals surface area contributed by atoms with E-state index in [4.69, 9.17) is 17.0 Å². The van der Waals surface area contributed by atoms with Crippen LogP contribution in [0.1, 0.15) is 44.1 Å². The van der Waals surface area contributed by atoms with Crippen LogP contribution in [-0.4, -0.2) is 11.1 Å². The summed E-state index contributed by atoms with van der Waals surface area (Å²) in [4.78, 5) is 1.25. The molecule has 3 aromatic rings. The number of methoxy groups -OCH3 is 1. The molecule has 1 aliphatic heterocycles. The Hall–Kier alpha value is -2.11. The molecule has 2 heterocycles. The lowest BCUT2D eigenvalue weighted by Gasteiger charge is -2.33. The predicted molar refractivity (Wildman–Crippen MR) is 117 cm³/mol. The van der Waals surface area contributed by atoms with E-state index in [2.05, 4.69) is 73.4 Å². The van der Waals surface area contributed by atoms with Crippen molar-refractivity contribution in [2.45, 2.75) is 39.2 Å². The lowest BCUT2D eigenvalue weighted by atomic mass is 9.90. The fourth-order valence-electron chi connectivity index (χ4n) is 3.57. The van der Waals surface area contributed by atoms with Crippen LogP contribution in [0.3, 0.4) is 0 Å². The molecule has 2 aromatic carbocycles. The SMILES string of the molecule is COc1ccc2c(c1)-c1c(sn(-c3ccc(C(C)C)cc3)c1=S)C(C)(C)N2. The van der Waals surface area contributed by atoms with Gasteiger partial charge < -0.3 is 10.1 Å². The number of nitrogens with one attached hydrogen (secondary N) is 1. The number of aromatic nitrogens is 1. The first-order valence-corrected chi connectivity index (χ1v) is 10.3. The first kappa shape index (κ1) is 18.3. The highest BCUT2D eigenvalue weighted by molar-refractivity contribution is 7.71. The monoisotopic (exact) mass is 396 g/mol. The van der Waals surface area contributed by atoms with Crippen molar-refractivity contribution in [3.63, 3.8) is 0 Å². The van der Waals surface area contributed by atoms with Crippen molar-refractivity contribution in [3.05, 3.63) is 57.5 Å². The Kier molecular flexibility index (Phi) is 4.40.